The van der Waals surface area contributed by atoms with Gasteiger partial charge in [-0.3, -0.25) is 9.59 Å². The summed E-state index contributed by atoms with van der Waals surface area (Å²) < 4.78 is 10.5. The molecule has 0 spiro atoms. The van der Waals surface area contributed by atoms with E-state index < -0.39 is 18.5 Å². The summed E-state index contributed by atoms with van der Waals surface area (Å²) in [4.78, 5) is 38.5. The highest BCUT2D eigenvalue weighted by atomic mass is 16.5. The zero-order chi connectivity index (χ0) is 20.1. The number of ether oxygens (including phenoxy) is 2. The number of rotatable bonds is 5. The molecule has 1 N–H and O–H groups in total. The maximum atomic E-state index is 12.8. The minimum Gasteiger partial charge on any atom is -0.494 e. The average molecular weight is 382 g/mol. The number of hydrogen-bond acceptors (Lipinski definition) is 5. The van der Waals surface area contributed by atoms with Crippen molar-refractivity contribution in [2.45, 2.75) is 26.3 Å². The second kappa shape index (κ2) is 8.56. The number of anilines is 2. The van der Waals surface area contributed by atoms with E-state index in [1.165, 1.54) is 4.90 Å². The number of fused-ring (bicyclic) bond motifs is 1. The molecule has 2 amide bonds. The van der Waals surface area contributed by atoms with E-state index in [0.29, 0.717) is 29.3 Å². The van der Waals surface area contributed by atoms with E-state index in [2.05, 4.69) is 5.32 Å². The molecule has 7 nitrogen and oxygen atoms in total. The third-order valence-electron chi connectivity index (χ3n) is 4.36. The van der Waals surface area contributed by atoms with Crippen LogP contribution in [0.15, 0.2) is 48.5 Å². The smallest absolute Gasteiger partial charge is 0.338 e. The predicted molar refractivity (Wildman–Crippen MR) is 105 cm³/mol. The molecule has 0 bridgehead atoms. The number of carbonyl (C=O) groups is 3. The first kappa shape index (κ1) is 19.4. The van der Waals surface area contributed by atoms with Crippen LogP contribution in [-0.4, -0.2) is 37.0 Å². The third-order valence-corrected chi connectivity index (χ3v) is 4.36. The van der Waals surface area contributed by atoms with Gasteiger partial charge in [0.25, 0.3) is 5.91 Å². The summed E-state index contributed by atoms with van der Waals surface area (Å²) >= 11 is 0. The van der Waals surface area contributed by atoms with Crippen molar-refractivity contribution in [2.24, 2.45) is 0 Å². The number of amides is 2. The largest absolute Gasteiger partial charge is 0.494 e. The Labute approximate surface area is 163 Å². The molecule has 7 heteroatoms. The Morgan fingerprint density at radius 1 is 1.14 bits per heavy atom. The second-order valence-corrected chi connectivity index (χ2v) is 6.42. The van der Waals surface area contributed by atoms with E-state index in [0.717, 1.165) is 0 Å². The first-order chi connectivity index (χ1) is 13.5. The number of hydrogen-bond donors (Lipinski definition) is 1. The van der Waals surface area contributed by atoms with E-state index in [-0.39, 0.29) is 18.4 Å². The van der Waals surface area contributed by atoms with Crippen LogP contribution >= 0.6 is 0 Å². The molecule has 1 aliphatic rings. The molecule has 0 unspecified atom stereocenters. The Hall–Kier alpha value is -3.35. The van der Waals surface area contributed by atoms with Gasteiger partial charge in [-0.2, -0.15) is 0 Å². The van der Waals surface area contributed by atoms with Gasteiger partial charge in [0.1, 0.15) is 5.75 Å². The van der Waals surface area contributed by atoms with Crippen molar-refractivity contribution < 1.29 is 23.9 Å². The molecular formula is C21H22N2O5. The molecule has 0 radical (unpaired) electrons. The van der Waals surface area contributed by atoms with Gasteiger partial charge < -0.3 is 19.7 Å². The Morgan fingerprint density at radius 3 is 2.57 bits per heavy atom. The van der Waals surface area contributed by atoms with Gasteiger partial charge >= 0.3 is 5.97 Å². The van der Waals surface area contributed by atoms with Gasteiger partial charge in [0.05, 0.1) is 23.5 Å². The molecule has 0 saturated carbocycles. The minimum absolute atomic E-state index is 0.160. The topological polar surface area (TPSA) is 84.9 Å². The van der Waals surface area contributed by atoms with Crippen molar-refractivity contribution in [3.8, 4) is 5.75 Å². The van der Waals surface area contributed by atoms with E-state index in [4.69, 9.17) is 9.47 Å². The first-order valence-corrected chi connectivity index (χ1v) is 9.10. The van der Waals surface area contributed by atoms with Crippen molar-refractivity contribution in [3.05, 3.63) is 54.1 Å². The van der Waals surface area contributed by atoms with Crippen LogP contribution in [0.4, 0.5) is 11.4 Å². The molecule has 0 aromatic heterocycles. The van der Waals surface area contributed by atoms with Crippen molar-refractivity contribution in [3.63, 3.8) is 0 Å². The lowest BCUT2D eigenvalue weighted by Gasteiger charge is -2.27. The molecular weight excluding hydrogens is 360 g/mol. The van der Waals surface area contributed by atoms with Crippen molar-refractivity contribution in [1.82, 2.24) is 0 Å². The SMILES string of the molecule is CCOc1ccc(C(=O)OCC(=O)N2c3ccccc3NC(=O)C[C@H]2C)cc1. The highest BCUT2D eigenvalue weighted by Crippen LogP contribution is 2.31. The van der Waals surface area contributed by atoms with Gasteiger partial charge in [0.15, 0.2) is 6.61 Å². The van der Waals surface area contributed by atoms with E-state index in [1.807, 2.05) is 6.92 Å². The zero-order valence-corrected chi connectivity index (χ0v) is 15.8. The number of para-hydroxylation sites is 2. The Morgan fingerprint density at radius 2 is 1.86 bits per heavy atom. The molecule has 28 heavy (non-hydrogen) atoms. The maximum absolute atomic E-state index is 12.8. The normalized spacial score (nSPS) is 15.9. The lowest BCUT2D eigenvalue weighted by Crippen LogP contribution is -2.41. The number of esters is 1. The number of carbonyl (C=O) groups excluding carboxylic acids is 3. The predicted octanol–water partition coefficient (Wildman–Crippen LogP) is 3.01. The number of nitrogens with zero attached hydrogens (tertiary/aromatic N) is 1. The average Bonchev–Trinajstić information content (AvgIpc) is 2.81. The van der Waals surface area contributed by atoms with Crippen molar-refractivity contribution in [1.29, 1.82) is 0 Å². The van der Waals surface area contributed by atoms with Crippen LogP contribution in [0.3, 0.4) is 0 Å². The fraction of sp³-hybridized carbons (Fsp3) is 0.286. The van der Waals surface area contributed by atoms with Crippen LogP contribution in [0.25, 0.3) is 0 Å². The van der Waals surface area contributed by atoms with Crippen LogP contribution in [0.1, 0.15) is 30.6 Å². The van der Waals surface area contributed by atoms with Crippen LogP contribution in [0.5, 0.6) is 5.75 Å². The van der Waals surface area contributed by atoms with Gasteiger partial charge in [-0.25, -0.2) is 4.79 Å². The molecule has 0 fully saturated rings. The van der Waals surface area contributed by atoms with Gasteiger partial charge in [-0.15, -0.1) is 0 Å². The quantitative estimate of drug-likeness (QED) is 0.804. The van der Waals surface area contributed by atoms with Crippen LogP contribution in [0, 0.1) is 0 Å². The van der Waals surface area contributed by atoms with Gasteiger partial charge in [0, 0.05) is 12.5 Å². The number of nitrogens with one attached hydrogen (secondary N) is 1. The zero-order valence-electron chi connectivity index (χ0n) is 15.8. The van der Waals surface area contributed by atoms with Crippen LogP contribution in [-0.2, 0) is 14.3 Å². The monoisotopic (exact) mass is 382 g/mol. The molecule has 2 aromatic rings. The molecule has 0 aliphatic carbocycles. The van der Waals surface area contributed by atoms with Gasteiger partial charge in [0.2, 0.25) is 5.91 Å². The highest BCUT2D eigenvalue weighted by Gasteiger charge is 2.30. The second-order valence-electron chi connectivity index (χ2n) is 6.42. The molecule has 1 aliphatic heterocycles. The molecule has 146 valence electrons. The van der Waals surface area contributed by atoms with Crippen LogP contribution < -0.4 is 15.0 Å². The summed E-state index contributed by atoms with van der Waals surface area (Å²) in [6, 6.07) is 13.2. The van der Waals surface area contributed by atoms with E-state index >= 15 is 0 Å². The number of benzene rings is 2. The highest BCUT2D eigenvalue weighted by molar-refractivity contribution is 6.05. The minimum atomic E-state index is -0.596. The summed E-state index contributed by atoms with van der Waals surface area (Å²) in [7, 11) is 0. The Balaban J connectivity index is 1.70. The maximum Gasteiger partial charge on any atom is 0.338 e. The summed E-state index contributed by atoms with van der Waals surface area (Å²) in [6.45, 7) is 3.77. The lowest BCUT2D eigenvalue weighted by atomic mass is 10.1. The standard InChI is InChI=1S/C21H22N2O5/c1-3-27-16-10-8-15(9-11-16)21(26)28-13-20(25)23-14(2)12-19(24)22-17-6-4-5-7-18(17)23/h4-11,14H,3,12-13H2,1-2H3,(H,22,24)/t14-/m1/s1. The van der Waals surface area contributed by atoms with Crippen molar-refractivity contribution >= 4 is 29.2 Å². The summed E-state index contributed by atoms with van der Waals surface area (Å²) in [5.41, 5.74) is 1.48. The van der Waals surface area contributed by atoms with Gasteiger partial charge in [-0.05, 0) is 50.2 Å². The molecule has 1 heterocycles. The Bertz CT molecular complexity index is 879. The van der Waals surface area contributed by atoms with Gasteiger partial charge in [-0.1, -0.05) is 12.1 Å². The summed E-state index contributed by atoms with van der Waals surface area (Å²) in [5, 5.41) is 2.79. The fourth-order valence-corrected chi connectivity index (χ4v) is 3.10. The first-order valence-electron chi connectivity index (χ1n) is 9.10. The molecule has 0 saturated heterocycles. The molecule has 2 aromatic carbocycles. The summed E-state index contributed by atoms with van der Waals surface area (Å²) in [6.07, 6.45) is 0.160. The lowest BCUT2D eigenvalue weighted by molar-refractivity contribution is -0.122. The van der Waals surface area contributed by atoms with Crippen molar-refractivity contribution in [2.75, 3.05) is 23.4 Å². The Kier molecular flexibility index (Phi) is 5.93. The van der Waals surface area contributed by atoms with Crippen LogP contribution in [0.2, 0.25) is 0 Å². The third kappa shape index (κ3) is 4.31. The molecule has 3 rings (SSSR count). The fourth-order valence-electron chi connectivity index (χ4n) is 3.10. The summed E-state index contributed by atoms with van der Waals surface area (Å²) in [5.74, 6) is -0.499. The van der Waals surface area contributed by atoms with E-state index in [1.54, 1.807) is 55.5 Å². The molecule has 1 atom stereocenters. The van der Waals surface area contributed by atoms with E-state index in [9.17, 15) is 14.4 Å².